The Bertz CT molecular complexity index is 333. The summed E-state index contributed by atoms with van der Waals surface area (Å²) in [5, 5.41) is 1.94. The number of carbonyl (C=O) groups is 1. The molecule has 0 aliphatic heterocycles. The van der Waals surface area contributed by atoms with Gasteiger partial charge in [0.05, 0.1) is 3.79 Å². The minimum absolute atomic E-state index is 0.292. The van der Waals surface area contributed by atoms with Gasteiger partial charge in [-0.15, -0.1) is 11.3 Å². The van der Waals surface area contributed by atoms with E-state index in [0.717, 1.165) is 15.8 Å². The Labute approximate surface area is 117 Å². The molecule has 0 fully saturated rings. The van der Waals surface area contributed by atoms with Crippen molar-refractivity contribution in [2.24, 2.45) is 0 Å². The lowest BCUT2D eigenvalue weighted by molar-refractivity contribution is 0.0979. The van der Waals surface area contributed by atoms with Crippen LogP contribution in [0.2, 0.25) is 0 Å². The van der Waals surface area contributed by atoms with Crippen LogP contribution in [0.1, 0.15) is 68.6 Å². The number of rotatable bonds is 9. The zero-order chi connectivity index (χ0) is 12.5. The first-order valence-electron chi connectivity index (χ1n) is 6.51. The Kier molecular flexibility index (Phi) is 7.78. The maximum Gasteiger partial charge on any atom is 0.163 e. The number of thiophene rings is 1. The van der Waals surface area contributed by atoms with Crippen LogP contribution >= 0.6 is 27.3 Å². The van der Waals surface area contributed by atoms with Crippen LogP contribution < -0.4 is 0 Å². The highest BCUT2D eigenvalue weighted by Crippen LogP contribution is 2.22. The van der Waals surface area contributed by atoms with Gasteiger partial charge in [-0.3, -0.25) is 4.79 Å². The van der Waals surface area contributed by atoms with Crippen LogP contribution in [0.25, 0.3) is 0 Å². The van der Waals surface area contributed by atoms with Crippen molar-refractivity contribution in [1.29, 1.82) is 0 Å². The molecule has 17 heavy (non-hydrogen) atoms. The number of halogens is 1. The van der Waals surface area contributed by atoms with Crippen molar-refractivity contribution in [1.82, 2.24) is 0 Å². The molecule has 0 spiro atoms. The van der Waals surface area contributed by atoms with Gasteiger partial charge in [-0.05, 0) is 28.4 Å². The third-order valence-electron chi connectivity index (χ3n) is 2.90. The maximum atomic E-state index is 11.8. The van der Waals surface area contributed by atoms with E-state index in [1.807, 2.05) is 11.4 Å². The highest BCUT2D eigenvalue weighted by Gasteiger charge is 2.07. The Morgan fingerprint density at radius 3 is 2.41 bits per heavy atom. The lowest BCUT2D eigenvalue weighted by atomic mass is 10.0. The second-order valence-electron chi connectivity index (χ2n) is 4.43. The van der Waals surface area contributed by atoms with Crippen LogP contribution in [0.5, 0.6) is 0 Å². The molecule has 96 valence electrons. The minimum atomic E-state index is 0.292. The fourth-order valence-electron chi connectivity index (χ4n) is 1.84. The number of unbranched alkanes of at least 4 members (excludes halogenated alkanes) is 6. The van der Waals surface area contributed by atoms with Crippen molar-refractivity contribution in [2.45, 2.75) is 58.3 Å². The van der Waals surface area contributed by atoms with E-state index in [1.165, 1.54) is 38.5 Å². The number of Topliss-reactive ketones (excluding diaryl/α,β-unsaturated/α-hetero) is 1. The first kappa shape index (κ1) is 14.9. The van der Waals surface area contributed by atoms with Crippen LogP contribution in [0, 0.1) is 0 Å². The summed E-state index contributed by atoms with van der Waals surface area (Å²) in [6, 6.07) is 1.92. The molecule has 0 atom stereocenters. The lowest BCUT2D eigenvalue weighted by Gasteiger charge is -2.00. The molecule has 0 aliphatic carbocycles. The smallest absolute Gasteiger partial charge is 0.163 e. The van der Waals surface area contributed by atoms with Gasteiger partial charge in [-0.25, -0.2) is 0 Å². The van der Waals surface area contributed by atoms with E-state index in [2.05, 4.69) is 22.9 Å². The molecule has 0 unspecified atom stereocenters. The Morgan fingerprint density at radius 1 is 1.18 bits per heavy atom. The molecular formula is C14H21BrOS. The maximum absolute atomic E-state index is 11.8. The average molecular weight is 317 g/mol. The van der Waals surface area contributed by atoms with Crippen molar-refractivity contribution in [3.63, 3.8) is 0 Å². The second kappa shape index (κ2) is 8.87. The van der Waals surface area contributed by atoms with Crippen LogP contribution in [0.4, 0.5) is 0 Å². The average Bonchev–Trinajstić information content (AvgIpc) is 2.74. The van der Waals surface area contributed by atoms with Gasteiger partial charge in [0, 0.05) is 17.4 Å². The molecule has 1 aromatic heterocycles. The number of hydrogen-bond acceptors (Lipinski definition) is 2. The van der Waals surface area contributed by atoms with Crippen LogP contribution in [-0.2, 0) is 0 Å². The first-order chi connectivity index (χ1) is 8.24. The van der Waals surface area contributed by atoms with Gasteiger partial charge in [0.2, 0.25) is 0 Å². The molecule has 1 heterocycles. The zero-order valence-corrected chi connectivity index (χ0v) is 12.9. The SMILES string of the molecule is CCCCCCCCCC(=O)c1csc(Br)c1. The molecule has 0 saturated heterocycles. The summed E-state index contributed by atoms with van der Waals surface area (Å²) in [5.41, 5.74) is 0.868. The number of hydrogen-bond donors (Lipinski definition) is 0. The van der Waals surface area contributed by atoms with Crippen LogP contribution in [0.3, 0.4) is 0 Å². The van der Waals surface area contributed by atoms with Crippen molar-refractivity contribution in [3.05, 3.63) is 20.8 Å². The summed E-state index contributed by atoms with van der Waals surface area (Å²) in [6.07, 6.45) is 9.54. The molecule has 0 aliphatic rings. The fraction of sp³-hybridized carbons (Fsp3) is 0.643. The van der Waals surface area contributed by atoms with Crippen molar-refractivity contribution in [3.8, 4) is 0 Å². The van der Waals surface area contributed by atoms with E-state index in [1.54, 1.807) is 11.3 Å². The van der Waals surface area contributed by atoms with Gasteiger partial charge < -0.3 is 0 Å². The van der Waals surface area contributed by atoms with Gasteiger partial charge in [0.25, 0.3) is 0 Å². The summed E-state index contributed by atoms with van der Waals surface area (Å²) in [7, 11) is 0. The number of carbonyl (C=O) groups excluding carboxylic acids is 1. The Balaban J connectivity index is 2.05. The molecule has 0 saturated carbocycles. The summed E-state index contributed by atoms with van der Waals surface area (Å²) < 4.78 is 1.04. The monoisotopic (exact) mass is 316 g/mol. The van der Waals surface area contributed by atoms with Gasteiger partial charge in [0.15, 0.2) is 5.78 Å². The van der Waals surface area contributed by atoms with E-state index >= 15 is 0 Å². The minimum Gasteiger partial charge on any atom is -0.294 e. The van der Waals surface area contributed by atoms with Crippen molar-refractivity contribution in [2.75, 3.05) is 0 Å². The standard InChI is InChI=1S/C14H21BrOS/c1-2-3-4-5-6-7-8-9-13(16)12-10-14(15)17-11-12/h10-11H,2-9H2,1H3. The topological polar surface area (TPSA) is 17.1 Å². The van der Waals surface area contributed by atoms with E-state index in [4.69, 9.17) is 0 Å². The lowest BCUT2D eigenvalue weighted by Crippen LogP contribution is -1.96. The summed E-state index contributed by atoms with van der Waals surface area (Å²) >= 11 is 4.97. The molecule has 0 N–H and O–H groups in total. The molecule has 1 aromatic rings. The molecule has 0 amide bonds. The highest BCUT2D eigenvalue weighted by molar-refractivity contribution is 9.11. The summed E-state index contributed by atoms with van der Waals surface area (Å²) in [5.74, 6) is 0.292. The predicted molar refractivity (Wildman–Crippen MR) is 79.0 cm³/mol. The summed E-state index contributed by atoms with van der Waals surface area (Å²) in [4.78, 5) is 11.8. The van der Waals surface area contributed by atoms with E-state index in [0.29, 0.717) is 12.2 Å². The first-order valence-corrected chi connectivity index (χ1v) is 8.18. The normalized spacial score (nSPS) is 10.7. The van der Waals surface area contributed by atoms with Crippen molar-refractivity contribution >= 4 is 33.0 Å². The van der Waals surface area contributed by atoms with E-state index < -0.39 is 0 Å². The molecular weight excluding hydrogens is 296 g/mol. The van der Waals surface area contributed by atoms with Gasteiger partial charge in [0.1, 0.15) is 0 Å². The van der Waals surface area contributed by atoms with E-state index in [9.17, 15) is 4.79 Å². The number of ketones is 1. The Hall–Kier alpha value is -0.150. The third-order valence-corrected chi connectivity index (χ3v) is 4.40. The molecule has 0 aromatic carbocycles. The molecule has 3 heteroatoms. The van der Waals surface area contributed by atoms with Crippen LogP contribution in [0.15, 0.2) is 15.2 Å². The molecule has 0 bridgehead atoms. The van der Waals surface area contributed by atoms with Crippen molar-refractivity contribution < 1.29 is 4.79 Å². The largest absolute Gasteiger partial charge is 0.294 e. The molecule has 1 rings (SSSR count). The Morgan fingerprint density at radius 2 is 1.82 bits per heavy atom. The third kappa shape index (κ3) is 6.37. The predicted octanol–water partition coefficient (Wildman–Crippen LogP) is 5.83. The summed E-state index contributed by atoms with van der Waals surface area (Å²) in [6.45, 7) is 2.23. The quantitative estimate of drug-likeness (QED) is 0.413. The zero-order valence-electron chi connectivity index (χ0n) is 10.5. The highest BCUT2D eigenvalue weighted by atomic mass is 79.9. The van der Waals surface area contributed by atoms with Gasteiger partial charge in [-0.1, -0.05) is 45.4 Å². The molecule has 1 nitrogen and oxygen atoms in total. The van der Waals surface area contributed by atoms with E-state index in [-0.39, 0.29) is 0 Å². The fourth-order valence-corrected chi connectivity index (χ4v) is 3.00. The van der Waals surface area contributed by atoms with Gasteiger partial charge in [-0.2, -0.15) is 0 Å². The second-order valence-corrected chi connectivity index (χ2v) is 6.72. The van der Waals surface area contributed by atoms with Crippen LogP contribution in [-0.4, -0.2) is 5.78 Å². The molecule has 0 radical (unpaired) electrons. The van der Waals surface area contributed by atoms with Gasteiger partial charge >= 0.3 is 0 Å².